The first kappa shape index (κ1) is 10.8. The normalized spacial score (nSPS) is 9.29. The standard InChI is InChI=1S/C12H15NO/c1-2-14-10-12-7-5-11(6-8-12)4-3-9-13/h5-8H,2,9-10,13H2,1H3. The Morgan fingerprint density at radius 1 is 1.29 bits per heavy atom. The molecule has 0 spiro atoms. The van der Waals surface area contributed by atoms with Crippen molar-refractivity contribution in [3.8, 4) is 11.8 Å². The Morgan fingerprint density at radius 3 is 2.57 bits per heavy atom. The van der Waals surface area contributed by atoms with E-state index in [0.717, 1.165) is 12.2 Å². The van der Waals surface area contributed by atoms with Crippen LogP contribution >= 0.6 is 0 Å². The van der Waals surface area contributed by atoms with Crippen molar-refractivity contribution in [1.29, 1.82) is 0 Å². The van der Waals surface area contributed by atoms with Gasteiger partial charge in [-0.15, -0.1) is 0 Å². The lowest BCUT2D eigenvalue weighted by atomic mass is 10.1. The van der Waals surface area contributed by atoms with Gasteiger partial charge in [-0.3, -0.25) is 0 Å². The Bertz CT molecular complexity index is 318. The molecule has 0 aliphatic rings. The fourth-order valence-electron chi connectivity index (χ4n) is 1.06. The Hall–Kier alpha value is -1.30. The van der Waals surface area contributed by atoms with E-state index in [1.54, 1.807) is 0 Å². The molecule has 2 nitrogen and oxygen atoms in total. The molecule has 0 fully saturated rings. The molecule has 74 valence electrons. The first-order valence-corrected chi connectivity index (χ1v) is 4.72. The van der Waals surface area contributed by atoms with Gasteiger partial charge in [-0.1, -0.05) is 24.0 Å². The molecule has 0 bridgehead atoms. The summed E-state index contributed by atoms with van der Waals surface area (Å²) in [7, 11) is 0. The molecule has 0 amide bonds. The van der Waals surface area contributed by atoms with Crippen molar-refractivity contribution in [3.05, 3.63) is 35.4 Å². The minimum absolute atomic E-state index is 0.403. The number of ether oxygens (including phenoxy) is 1. The van der Waals surface area contributed by atoms with Crippen molar-refractivity contribution >= 4 is 0 Å². The maximum Gasteiger partial charge on any atom is 0.0716 e. The van der Waals surface area contributed by atoms with Crippen LogP contribution in [0.2, 0.25) is 0 Å². The molecule has 0 aliphatic heterocycles. The van der Waals surface area contributed by atoms with Crippen molar-refractivity contribution in [1.82, 2.24) is 0 Å². The van der Waals surface area contributed by atoms with Crippen molar-refractivity contribution in [2.24, 2.45) is 5.73 Å². The van der Waals surface area contributed by atoms with Crippen LogP contribution in [0.25, 0.3) is 0 Å². The third-order valence-corrected chi connectivity index (χ3v) is 1.76. The van der Waals surface area contributed by atoms with Crippen molar-refractivity contribution in [2.45, 2.75) is 13.5 Å². The Balaban J connectivity index is 2.59. The third kappa shape index (κ3) is 3.61. The first-order valence-electron chi connectivity index (χ1n) is 4.72. The van der Waals surface area contributed by atoms with Crippen LogP contribution in [0.4, 0.5) is 0 Å². The zero-order valence-corrected chi connectivity index (χ0v) is 8.42. The van der Waals surface area contributed by atoms with Crippen LogP contribution in [0.3, 0.4) is 0 Å². The molecular weight excluding hydrogens is 174 g/mol. The van der Waals surface area contributed by atoms with Crippen LogP contribution in [-0.2, 0) is 11.3 Å². The third-order valence-electron chi connectivity index (χ3n) is 1.76. The van der Waals surface area contributed by atoms with Gasteiger partial charge < -0.3 is 10.5 Å². The molecule has 1 aromatic rings. The summed E-state index contributed by atoms with van der Waals surface area (Å²) in [6, 6.07) is 8.01. The van der Waals surface area contributed by atoms with Crippen LogP contribution in [0.1, 0.15) is 18.1 Å². The predicted octanol–water partition coefficient (Wildman–Crippen LogP) is 1.53. The fraction of sp³-hybridized carbons (Fsp3) is 0.333. The van der Waals surface area contributed by atoms with Crippen molar-refractivity contribution in [3.63, 3.8) is 0 Å². The summed E-state index contributed by atoms with van der Waals surface area (Å²) < 4.78 is 5.28. The lowest BCUT2D eigenvalue weighted by Crippen LogP contribution is -1.93. The minimum Gasteiger partial charge on any atom is -0.377 e. The molecule has 0 saturated heterocycles. The van der Waals surface area contributed by atoms with E-state index < -0.39 is 0 Å². The monoisotopic (exact) mass is 189 g/mol. The number of benzene rings is 1. The van der Waals surface area contributed by atoms with Gasteiger partial charge in [0.05, 0.1) is 13.2 Å². The molecule has 0 aromatic heterocycles. The van der Waals surface area contributed by atoms with Gasteiger partial charge in [0.15, 0.2) is 0 Å². The number of hydrogen-bond donors (Lipinski definition) is 1. The second-order valence-corrected chi connectivity index (χ2v) is 2.84. The highest BCUT2D eigenvalue weighted by atomic mass is 16.5. The zero-order valence-electron chi connectivity index (χ0n) is 8.42. The van der Waals surface area contributed by atoms with Crippen LogP contribution in [0.15, 0.2) is 24.3 Å². The van der Waals surface area contributed by atoms with E-state index in [1.807, 2.05) is 31.2 Å². The quantitative estimate of drug-likeness (QED) is 0.732. The van der Waals surface area contributed by atoms with Gasteiger partial charge in [0.2, 0.25) is 0 Å². The average Bonchev–Trinajstić information content (AvgIpc) is 2.25. The molecule has 0 saturated carbocycles. The Labute approximate surface area is 85.1 Å². The van der Waals surface area contributed by atoms with Crippen molar-refractivity contribution < 1.29 is 4.74 Å². The summed E-state index contributed by atoms with van der Waals surface area (Å²) in [5.41, 5.74) is 7.45. The van der Waals surface area contributed by atoms with E-state index in [4.69, 9.17) is 10.5 Å². The molecule has 0 aliphatic carbocycles. The minimum atomic E-state index is 0.403. The zero-order chi connectivity index (χ0) is 10.2. The number of hydrogen-bond acceptors (Lipinski definition) is 2. The van der Waals surface area contributed by atoms with E-state index in [0.29, 0.717) is 13.2 Å². The summed E-state index contributed by atoms with van der Waals surface area (Å²) >= 11 is 0. The maximum absolute atomic E-state index is 5.28. The molecule has 2 heteroatoms. The van der Waals surface area contributed by atoms with Crippen LogP contribution in [0.5, 0.6) is 0 Å². The second-order valence-electron chi connectivity index (χ2n) is 2.84. The lowest BCUT2D eigenvalue weighted by Gasteiger charge is -2.00. The smallest absolute Gasteiger partial charge is 0.0716 e. The van der Waals surface area contributed by atoms with E-state index >= 15 is 0 Å². The largest absolute Gasteiger partial charge is 0.377 e. The summed E-state index contributed by atoms with van der Waals surface area (Å²) in [6.45, 7) is 3.80. The van der Waals surface area contributed by atoms with Crippen LogP contribution in [-0.4, -0.2) is 13.2 Å². The van der Waals surface area contributed by atoms with Gasteiger partial charge in [0.25, 0.3) is 0 Å². The highest BCUT2D eigenvalue weighted by Crippen LogP contribution is 2.04. The Kier molecular flexibility index (Phi) is 4.77. The summed E-state index contributed by atoms with van der Waals surface area (Å²) in [6.07, 6.45) is 0. The molecule has 0 unspecified atom stereocenters. The highest BCUT2D eigenvalue weighted by Gasteiger charge is 1.91. The molecule has 1 aromatic carbocycles. The molecule has 0 heterocycles. The van der Waals surface area contributed by atoms with Crippen LogP contribution < -0.4 is 5.73 Å². The Morgan fingerprint density at radius 2 is 2.00 bits per heavy atom. The lowest BCUT2D eigenvalue weighted by molar-refractivity contribution is 0.134. The summed E-state index contributed by atoms with van der Waals surface area (Å²) in [5.74, 6) is 5.79. The van der Waals surface area contributed by atoms with Gasteiger partial charge >= 0.3 is 0 Å². The number of nitrogens with two attached hydrogens (primary N) is 1. The summed E-state index contributed by atoms with van der Waals surface area (Å²) in [5, 5.41) is 0. The molecule has 0 atom stereocenters. The number of rotatable bonds is 3. The van der Waals surface area contributed by atoms with E-state index in [9.17, 15) is 0 Å². The predicted molar refractivity (Wildman–Crippen MR) is 57.7 cm³/mol. The second kappa shape index (κ2) is 6.20. The van der Waals surface area contributed by atoms with Gasteiger partial charge in [0.1, 0.15) is 0 Å². The fourth-order valence-corrected chi connectivity index (χ4v) is 1.06. The van der Waals surface area contributed by atoms with Gasteiger partial charge in [-0.2, -0.15) is 0 Å². The maximum atomic E-state index is 5.28. The first-order chi connectivity index (χ1) is 6.86. The topological polar surface area (TPSA) is 35.2 Å². The molecule has 14 heavy (non-hydrogen) atoms. The molecular formula is C12H15NO. The van der Waals surface area contributed by atoms with Gasteiger partial charge in [0, 0.05) is 12.2 Å². The average molecular weight is 189 g/mol. The van der Waals surface area contributed by atoms with E-state index in [2.05, 4.69) is 11.8 Å². The van der Waals surface area contributed by atoms with Crippen LogP contribution in [0, 0.1) is 11.8 Å². The molecule has 1 rings (SSSR count). The molecule has 0 radical (unpaired) electrons. The van der Waals surface area contributed by atoms with Gasteiger partial charge in [-0.05, 0) is 24.6 Å². The van der Waals surface area contributed by atoms with Crippen molar-refractivity contribution in [2.75, 3.05) is 13.2 Å². The van der Waals surface area contributed by atoms with E-state index in [1.165, 1.54) is 5.56 Å². The summed E-state index contributed by atoms with van der Waals surface area (Å²) in [4.78, 5) is 0. The SMILES string of the molecule is CCOCc1ccc(C#CCN)cc1. The van der Waals surface area contributed by atoms with E-state index in [-0.39, 0.29) is 0 Å². The van der Waals surface area contributed by atoms with Gasteiger partial charge in [-0.25, -0.2) is 0 Å². The molecule has 2 N–H and O–H groups in total. The highest BCUT2D eigenvalue weighted by molar-refractivity contribution is 5.36.